The second kappa shape index (κ2) is 8.62. The van der Waals surface area contributed by atoms with E-state index >= 15 is 0 Å². The molecule has 1 saturated carbocycles. The van der Waals surface area contributed by atoms with Gasteiger partial charge in [-0.05, 0) is 6.42 Å². The first kappa shape index (κ1) is 19.5. The lowest BCUT2D eigenvalue weighted by molar-refractivity contribution is -0.0759. The molecule has 1 aromatic heterocycles. The van der Waals surface area contributed by atoms with E-state index in [0.29, 0.717) is 23.1 Å². The molecule has 0 aromatic carbocycles. The summed E-state index contributed by atoms with van der Waals surface area (Å²) in [7, 11) is 0. The van der Waals surface area contributed by atoms with Crippen LogP contribution < -0.4 is 4.90 Å². The largest absolute Gasteiger partial charge is 0.394 e. The fourth-order valence-electron chi connectivity index (χ4n) is 2.97. The Morgan fingerprint density at radius 1 is 1.38 bits per heavy atom. The fourth-order valence-corrected chi connectivity index (χ4v) is 3.92. The maximum absolute atomic E-state index is 10.5. The van der Waals surface area contributed by atoms with E-state index in [9.17, 15) is 10.2 Å². The Morgan fingerprint density at radius 3 is 2.92 bits per heavy atom. The summed E-state index contributed by atoms with van der Waals surface area (Å²) in [5.74, 6) is 1.29. The van der Waals surface area contributed by atoms with Crippen molar-refractivity contribution in [2.75, 3.05) is 23.9 Å². The molecule has 3 N–H and O–H groups in total. The zero-order valence-corrected chi connectivity index (χ0v) is 15.8. The Kier molecular flexibility index (Phi) is 6.46. The number of aliphatic hydroxyl groups is 3. The minimum Gasteiger partial charge on any atom is -0.394 e. The van der Waals surface area contributed by atoms with E-state index in [4.69, 9.17) is 21.4 Å². The second-order valence-electron chi connectivity index (χ2n) is 5.97. The molecule has 0 amide bonds. The molecule has 0 bridgehead atoms. The van der Waals surface area contributed by atoms with Crippen LogP contribution in [0.5, 0.6) is 0 Å². The third-order valence-corrected chi connectivity index (χ3v) is 5.51. The van der Waals surface area contributed by atoms with Gasteiger partial charge in [0.1, 0.15) is 18.2 Å². The van der Waals surface area contributed by atoms with Crippen molar-refractivity contribution >= 4 is 41.2 Å². The quantitative estimate of drug-likeness (QED) is 0.262. The molecule has 1 aromatic rings. The van der Waals surface area contributed by atoms with Crippen molar-refractivity contribution in [3.05, 3.63) is 5.15 Å². The summed E-state index contributed by atoms with van der Waals surface area (Å²) in [6, 6.07) is -0.512. The first-order valence-electron chi connectivity index (χ1n) is 8.38. The SMILES string of the molecule is CCCSc1nc(Cl)c2c(n1)N(C1CC(OCCO)C(O)C1O)C=[N+]=N2. The molecule has 0 saturated heterocycles. The van der Waals surface area contributed by atoms with Crippen molar-refractivity contribution in [3.8, 4) is 0 Å². The number of aliphatic hydroxyl groups excluding tert-OH is 3. The van der Waals surface area contributed by atoms with Gasteiger partial charge >= 0.3 is 6.34 Å². The van der Waals surface area contributed by atoms with Crippen LogP contribution in [0.15, 0.2) is 10.3 Å². The molecule has 0 radical (unpaired) electrons. The lowest BCUT2D eigenvalue weighted by Crippen LogP contribution is -2.44. The van der Waals surface area contributed by atoms with Crippen LogP contribution in [0.25, 0.3) is 0 Å². The molecule has 11 heteroatoms. The van der Waals surface area contributed by atoms with Crippen molar-refractivity contribution in [1.29, 1.82) is 0 Å². The molecule has 2 aliphatic rings. The summed E-state index contributed by atoms with van der Waals surface area (Å²) in [5, 5.41) is 34.3. The smallest absolute Gasteiger partial charge is 0.372 e. The van der Waals surface area contributed by atoms with Gasteiger partial charge in [0.25, 0.3) is 5.82 Å². The first-order valence-corrected chi connectivity index (χ1v) is 9.74. The molecule has 4 atom stereocenters. The summed E-state index contributed by atoms with van der Waals surface area (Å²) >= 11 is 7.72. The number of aromatic nitrogens is 2. The molecule has 4 unspecified atom stereocenters. The van der Waals surface area contributed by atoms with Gasteiger partial charge in [0.2, 0.25) is 5.69 Å². The lowest BCUT2D eigenvalue weighted by atomic mass is 10.1. The molecule has 0 spiro atoms. The van der Waals surface area contributed by atoms with E-state index in [2.05, 4.69) is 26.8 Å². The molecule has 1 aliphatic carbocycles. The second-order valence-corrected chi connectivity index (χ2v) is 7.39. The lowest BCUT2D eigenvalue weighted by Gasteiger charge is -2.22. The average Bonchev–Trinajstić information content (AvgIpc) is 2.92. The van der Waals surface area contributed by atoms with Gasteiger partial charge in [-0.2, -0.15) is 9.88 Å². The minimum atomic E-state index is -1.08. The van der Waals surface area contributed by atoms with Crippen molar-refractivity contribution in [2.45, 2.75) is 49.3 Å². The van der Waals surface area contributed by atoms with Gasteiger partial charge in [-0.15, -0.1) is 0 Å². The Balaban J connectivity index is 1.88. The van der Waals surface area contributed by atoms with Gasteiger partial charge in [0.15, 0.2) is 10.3 Å². The number of anilines is 1. The van der Waals surface area contributed by atoms with E-state index in [1.54, 1.807) is 4.90 Å². The van der Waals surface area contributed by atoms with Gasteiger partial charge in [-0.1, -0.05) is 35.1 Å². The van der Waals surface area contributed by atoms with Gasteiger partial charge in [0, 0.05) is 17.3 Å². The number of nitrogens with zero attached hydrogens (tertiary/aromatic N) is 5. The molecule has 1 aliphatic heterocycles. The zero-order chi connectivity index (χ0) is 18.7. The number of fused-ring (bicyclic) bond motifs is 1. The summed E-state index contributed by atoms with van der Waals surface area (Å²) in [5.41, 5.74) is 0.330. The summed E-state index contributed by atoms with van der Waals surface area (Å²) in [4.78, 5) is 14.3. The molecule has 2 heterocycles. The molecule has 26 heavy (non-hydrogen) atoms. The minimum absolute atomic E-state index is 0.0903. The van der Waals surface area contributed by atoms with Crippen LogP contribution in [-0.4, -0.2) is 79.7 Å². The van der Waals surface area contributed by atoms with Crippen LogP contribution in [-0.2, 0) is 4.74 Å². The van der Waals surface area contributed by atoms with Gasteiger partial charge < -0.3 is 20.1 Å². The molecule has 1 fully saturated rings. The standard InChI is InChI=1S/C15H21ClN5O4S/c1-2-5-26-15-18-13(16)10-14(19-15)21(7-17-20-10)8-6-9(25-4-3-22)12(24)11(8)23/h7-9,11-12,22-24H,2-6H2,1H3/q+1. The molecule has 3 rings (SSSR count). The Morgan fingerprint density at radius 2 is 2.19 bits per heavy atom. The number of hydrogen-bond donors (Lipinski definition) is 3. The zero-order valence-electron chi connectivity index (χ0n) is 14.2. The van der Waals surface area contributed by atoms with Crippen LogP contribution in [0.1, 0.15) is 19.8 Å². The predicted octanol–water partition coefficient (Wildman–Crippen LogP) is 0.644. The van der Waals surface area contributed by atoms with Crippen LogP contribution in [0.4, 0.5) is 11.5 Å². The van der Waals surface area contributed by atoms with Crippen LogP contribution >= 0.6 is 23.4 Å². The summed E-state index contributed by atoms with van der Waals surface area (Å²) < 4.78 is 5.43. The molecule has 9 nitrogen and oxygen atoms in total. The topological polar surface area (TPSA) is 125 Å². The van der Waals surface area contributed by atoms with Crippen LogP contribution in [0.3, 0.4) is 0 Å². The fraction of sp³-hybridized carbons (Fsp3) is 0.667. The van der Waals surface area contributed by atoms with Crippen molar-refractivity contribution in [1.82, 2.24) is 9.97 Å². The van der Waals surface area contributed by atoms with Gasteiger partial charge in [-0.3, -0.25) is 0 Å². The van der Waals surface area contributed by atoms with E-state index in [1.807, 2.05) is 0 Å². The Hall–Kier alpha value is -1.26. The number of thioether (sulfide) groups is 1. The highest BCUT2D eigenvalue weighted by molar-refractivity contribution is 7.99. The summed E-state index contributed by atoms with van der Waals surface area (Å²) in [6.45, 7) is 1.99. The highest BCUT2D eigenvalue weighted by Crippen LogP contribution is 2.39. The highest BCUT2D eigenvalue weighted by Gasteiger charge is 2.50. The Bertz CT molecular complexity index is 718. The van der Waals surface area contributed by atoms with Gasteiger partial charge in [-0.25, -0.2) is 4.98 Å². The van der Waals surface area contributed by atoms with E-state index in [1.165, 1.54) is 18.1 Å². The van der Waals surface area contributed by atoms with Crippen molar-refractivity contribution in [3.63, 3.8) is 0 Å². The first-order chi connectivity index (χ1) is 12.6. The third kappa shape index (κ3) is 3.86. The number of hydrogen-bond acceptors (Lipinski definition) is 9. The van der Waals surface area contributed by atoms with Crippen LogP contribution in [0, 0.1) is 0 Å². The summed E-state index contributed by atoms with van der Waals surface area (Å²) in [6.07, 6.45) is 0.0199. The van der Waals surface area contributed by atoms with E-state index in [-0.39, 0.29) is 18.4 Å². The molecule has 142 valence electrons. The third-order valence-electron chi connectivity index (χ3n) is 4.20. The van der Waals surface area contributed by atoms with E-state index in [0.717, 1.165) is 12.2 Å². The van der Waals surface area contributed by atoms with E-state index < -0.39 is 24.4 Å². The number of halogens is 1. The molecular weight excluding hydrogens is 382 g/mol. The average molecular weight is 403 g/mol. The maximum Gasteiger partial charge on any atom is 0.372 e. The number of ether oxygens (including phenoxy) is 1. The maximum atomic E-state index is 10.5. The van der Waals surface area contributed by atoms with Crippen molar-refractivity contribution < 1.29 is 24.8 Å². The Labute approximate surface area is 159 Å². The van der Waals surface area contributed by atoms with Gasteiger partial charge in [0.05, 0.1) is 19.3 Å². The number of rotatable bonds is 7. The van der Waals surface area contributed by atoms with Crippen LogP contribution in [0.2, 0.25) is 5.15 Å². The highest BCUT2D eigenvalue weighted by atomic mass is 35.5. The van der Waals surface area contributed by atoms with Crippen molar-refractivity contribution in [2.24, 2.45) is 5.11 Å². The molecular formula is C15H21ClN5O4S+. The predicted molar refractivity (Wildman–Crippen MR) is 96.2 cm³/mol. The monoisotopic (exact) mass is 402 g/mol. The normalized spacial score (nSPS) is 27.2.